The average molecular weight is 291 g/mol. The van der Waals surface area contributed by atoms with Crippen LogP contribution in [0.1, 0.15) is 61.6 Å². The normalized spacial score (nSPS) is 20.3. The maximum Gasteiger partial charge on any atom is 0.231 e. The van der Waals surface area contributed by atoms with Gasteiger partial charge in [0.2, 0.25) is 5.89 Å². The lowest BCUT2D eigenvalue weighted by Gasteiger charge is -2.30. The molecule has 2 aromatic heterocycles. The molecule has 0 amide bonds. The third-order valence-corrected chi connectivity index (χ3v) is 3.95. The Kier molecular flexibility index (Phi) is 4.01. The molecule has 1 fully saturated rings. The predicted octanol–water partition coefficient (Wildman–Crippen LogP) is 2.26. The molecule has 0 bridgehead atoms. The van der Waals surface area contributed by atoms with Crippen molar-refractivity contribution in [2.24, 2.45) is 0 Å². The Morgan fingerprint density at radius 3 is 2.81 bits per heavy atom. The van der Waals surface area contributed by atoms with E-state index in [2.05, 4.69) is 39.2 Å². The zero-order valence-electron chi connectivity index (χ0n) is 12.7. The van der Waals surface area contributed by atoms with Crippen molar-refractivity contribution >= 4 is 0 Å². The van der Waals surface area contributed by atoms with Gasteiger partial charge in [0, 0.05) is 19.0 Å². The number of nitrogens with zero attached hydrogens (tertiary/aromatic N) is 5. The van der Waals surface area contributed by atoms with Crippen LogP contribution in [0.2, 0.25) is 0 Å². The van der Waals surface area contributed by atoms with E-state index in [0.29, 0.717) is 11.8 Å². The van der Waals surface area contributed by atoms with Gasteiger partial charge in [-0.25, -0.2) is 4.63 Å². The molecule has 21 heavy (non-hydrogen) atoms. The van der Waals surface area contributed by atoms with Crippen LogP contribution >= 0.6 is 0 Å². The van der Waals surface area contributed by atoms with Crippen molar-refractivity contribution < 1.29 is 9.15 Å². The van der Waals surface area contributed by atoms with Crippen LogP contribution in [0.3, 0.4) is 0 Å². The maximum atomic E-state index is 5.44. The molecule has 2 aromatic rings. The number of rotatable bonds is 4. The van der Waals surface area contributed by atoms with Crippen LogP contribution in [0.25, 0.3) is 0 Å². The Morgan fingerprint density at radius 1 is 1.29 bits per heavy atom. The standard InChI is InChI=1S/C14H21N5O2/c1-9(2)13-15-14(20-18-13)11-5-4-6-19(7-11)8-12-10(3)16-21-17-12/h9,11H,4-8H2,1-3H3. The average Bonchev–Trinajstić information content (AvgIpc) is 3.09. The highest BCUT2D eigenvalue weighted by Gasteiger charge is 2.27. The Morgan fingerprint density at radius 2 is 2.14 bits per heavy atom. The van der Waals surface area contributed by atoms with Gasteiger partial charge in [-0.15, -0.1) is 0 Å². The van der Waals surface area contributed by atoms with Gasteiger partial charge < -0.3 is 4.52 Å². The second-order valence-corrected chi connectivity index (χ2v) is 6.02. The molecular formula is C14H21N5O2. The summed E-state index contributed by atoms with van der Waals surface area (Å²) in [5.41, 5.74) is 1.76. The fourth-order valence-corrected chi connectivity index (χ4v) is 2.65. The van der Waals surface area contributed by atoms with Gasteiger partial charge in [0.15, 0.2) is 5.82 Å². The van der Waals surface area contributed by atoms with E-state index in [9.17, 15) is 0 Å². The molecule has 0 N–H and O–H groups in total. The van der Waals surface area contributed by atoms with Crippen molar-refractivity contribution in [2.45, 2.75) is 52.0 Å². The summed E-state index contributed by atoms with van der Waals surface area (Å²) in [5, 5.41) is 11.8. The summed E-state index contributed by atoms with van der Waals surface area (Å²) < 4.78 is 10.2. The molecule has 7 nitrogen and oxygen atoms in total. The van der Waals surface area contributed by atoms with Crippen molar-refractivity contribution in [1.82, 2.24) is 25.4 Å². The van der Waals surface area contributed by atoms with Crippen LogP contribution in [0.5, 0.6) is 0 Å². The molecule has 1 unspecified atom stereocenters. The van der Waals surface area contributed by atoms with Crippen LogP contribution < -0.4 is 0 Å². The fourth-order valence-electron chi connectivity index (χ4n) is 2.65. The minimum Gasteiger partial charge on any atom is -0.339 e. The van der Waals surface area contributed by atoms with Crippen molar-refractivity contribution in [3.8, 4) is 0 Å². The van der Waals surface area contributed by atoms with E-state index in [1.165, 1.54) is 0 Å². The molecule has 7 heteroatoms. The highest BCUT2D eigenvalue weighted by atomic mass is 16.6. The Bertz CT molecular complexity index is 592. The van der Waals surface area contributed by atoms with Crippen LogP contribution in [-0.2, 0) is 6.54 Å². The van der Waals surface area contributed by atoms with Crippen molar-refractivity contribution in [2.75, 3.05) is 13.1 Å². The molecule has 3 heterocycles. The lowest BCUT2D eigenvalue weighted by Crippen LogP contribution is -2.34. The monoisotopic (exact) mass is 291 g/mol. The summed E-state index contributed by atoms with van der Waals surface area (Å²) in [5.74, 6) is 2.15. The van der Waals surface area contributed by atoms with E-state index >= 15 is 0 Å². The number of piperidine rings is 1. The van der Waals surface area contributed by atoms with E-state index in [1.807, 2.05) is 6.92 Å². The number of hydrogen-bond donors (Lipinski definition) is 0. The van der Waals surface area contributed by atoms with E-state index in [0.717, 1.165) is 55.6 Å². The molecule has 0 spiro atoms. The molecule has 1 saturated heterocycles. The highest BCUT2D eigenvalue weighted by Crippen LogP contribution is 2.27. The van der Waals surface area contributed by atoms with E-state index in [-0.39, 0.29) is 0 Å². The summed E-state index contributed by atoms with van der Waals surface area (Å²) in [6.45, 7) is 8.78. The Labute approximate surface area is 123 Å². The molecule has 0 radical (unpaired) electrons. The lowest BCUT2D eigenvalue weighted by atomic mass is 9.97. The summed E-state index contributed by atoms with van der Waals surface area (Å²) in [6, 6.07) is 0. The van der Waals surface area contributed by atoms with Gasteiger partial charge >= 0.3 is 0 Å². The largest absolute Gasteiger partial charge is 0.339 e. The molecule has 0 saturated carbocycles. The number of likely N-dealkylation sites (tertiary alicyclic amines) is 1. The van der Waals surface area contributed by atoms with Crippen molar-refractivity contribution in [3.05, 3.63) is 23.1 Å². The van der Waals surface area contributed by atoms with Crippen molar-refractivity contribution in [3.63, 3.8) is 0 Å². The molecule has 3 rings (SSSR count). The summed E-state index contributed by atoms with van der Waals surface area (Å²) in [7, 11) is 0. The van der Waals surface area contributed by atoms with Gasteiger partial charge in [-0.2, -0.15) is 4.98 Å². The zero-order chi connectivity index (χ0) is 14.8. The number of aromatic nitrogens is 4. The topological polar surface area (TPSA) is 81.1 Å². The quantitative estimate of drug-likeness (QED) is 0.854. The van der Waals surface area contributed by atoms with Crippen LogP contribution in [-0.4, -0.2) is 38.4 Å². The van der Waals surface area contributed by atoms with Crippen LogP contribution in [0.4, 0.5) is 0 Å². The van der Waals surface area contributed by atoms with Crippen molar-refractivity contribution in [1.29, 1.82) is 0 Å². The molecule has 0 aromatic carbocycles. The molecular weight excluding hydrogens is 270 g/mol. The number of hydrogen-bond acceptors (Lipinski definition) is 7. The Hall–Kier alpha value is -1.76. The van der Waals surface area contributed by atoms with Gasteiger partial charge in [-0.05, 0) is 26.3 Å². The summed E-state index contributed by atoms with van der Waals surface area (Å²) in [4.78, 5) is 6.88. The molecule has 1 atom stereocenters. The van der Waals surface area contributed by atoms with E-state index in [1.54, 1.807) is 0 Å². The molecule has 0 aliphatic carbocycles. The first kappa shape index (κ1) is 14.2. The molecule has 1 aliphatic heterocycles. The van der Waals surface area contributed by atoms with E-state index < -0.39 is 0 Å². The van der Waals surface area contributed by atoms with Crippen LogP contribution in [0.15, 0.2) is 9.15 Å². The molecule has 114 valence electrons. The zero-order valence-corrected chi connectivity index (χ0v) is 12.7. The minimum absolute atomic E-state index is 0.297. The van der Waals surface area contributed by atoms with Gasteiger partial charge in [-0.1, -0.05) is 29.3 Å². The number of aryl methyl sites for hydroxylation is 1. The minimum atomic E-state index is 0.297. The van der Waals surface area contributed by atoms with Crippen LogP contribution in [0, 0.1) is 6.92 Å². The van der Waals surface area contributed by atoms with Gasteiger partial charge in [0.25, 0.3) is 0 Å². The third-order valence-electron chi connectivity index (χ3n) is 3.95. The second-order valence-electron chi connectivity index (χ2n) is 6.02. The second kappa shape index (κ2) is 5.93. The third kappa shape index (κ3) is 3.12. The fraction of sp³-hybridized carbons (Fsp3) is 0.714. The van der Waals surface area contributed by atoms with Gasteiger partial charge in [-0.3, -0.25) is 4.90 Å². The molecule has 1 aliphatic rings. The first-order valence-corrected chi connectivity index (χ1v) is 7.47. The highest BCUT2D eigenvalue weighted by molar-refractivity contribution is 5.06. The van der Waals surface area contributed by atoms with Gasteiger partial charge in [0.1, 0.15) is 11.4 Å². The smallest absolute Gasteiger partial charge is 0.231 e. The SMILES string of the molecule is Cc1nonc1CN1CCCC(c2nc(C(C)C)no2)C1. The first-order valence-electron chi connectivity index (χ1n) is 7.47. The predicted molar refractivity (Wildman–Crippen MR) is 74.7 cm³/mol. The lowest BCUT2D eigenvalue weighted by molar-refractivity contribution is 0.175. The van der Waals surface area contributed by atoms with Gasteiger partial charge in [0.05, 0.1) is 5.92 Å². The summed E-state index contributed by atoms with van der Waals surface area (Å²) >= 11 is 0. The Balaban J connectivity index is 1.66. The summed E-state index contributed by atoms with van der Waals surface area (Å²) in [6.07, 6.45) is 2.21. The maximum absolute atomic E-state index is 5.44. The first-order chi connectivity index (χ1) is 10.1. The van der Waals surface area contributed by atoms with E-state index in [4.69, 9.17) is 9.15 Å².